The van der Waals surface area contributed by atoms with Crippen LogP contribution in [-0.2, 0) is 0 Å². The molecule has 2 aromatic rings. The zero-order chi connectivity index (χ0) is 26.4. The lowest BCUT2D eigenvalue weighted by Gasteiger charge is -2.39. The van der Waals surface area contributed by atoms with Crippen LogP contribution in [0.2, 0.25) is 0 Å². The van der Waals surface area contributed by atoms with Gasteiger partial charge in [0.05, 0.1) is 0 Å². The highest BCUT2D eigenvalue weighted by Gasteiger charge is 2.35. The number of hydrogen-bond donors (Lipinski definition) is 4. The minimum atomic E-state index is -0.249. The Balaban J connectivity index is 0.00000253. The summed E-state index contributed by atoms with van der Waals surface area (Å²) in [6.45, 7) is 14.0. The molecule has 0 amide bonds. The Labute approximate surface area is 243 Å². The van der Waals surface area contributed by atoms with E-state index in [1.165, 1.54) is 25.7 Å². The summed E-state index contributed by atoms with van der Waals surface area (Å²) >= 11 is 0. The van der Waals surface area contributed by atoms with Crippen LogP contribution in [0.15, 0.2) is 24.3 Å². The number of benzene rings is 2. The third-order valence-electron chi connectivity index (χ3n) is 9.92. The zero-order valence-corrected chi connectivity index (χ0v) is 25.9. The number of fused-ring (bicyclic) bond motifs is 1. The fraction of sp³-hybridized carbons (Fsp3) is 0.688. The molecule has 2 saturated carbocycles. The summed E-state index contributed by atoms with van der Waals surface area (Å²) in [6.07, 6.45) is 9.09. The van der Waals surface area contributed by atoms with Gasteiger partial charge in [-0.2, -0.15) is 0 Å². The second-order valence-corrected chi connectivity index (χ2v) is 14.1. The molecule has 216 valence electrons. The van der Waals surface area contributed by atoms with Crippen molar-refractivity contribution in [3.63, 3.8) is 0 Å². The molecule has 2 aliphatic rings. The lowest BCUT2D eigenvalue weighted by atomic mass is 9.67. The van der Waals surface area contributed by atoms with Gasteiger partial charge in [0, 0.05) is 28.6 Å². The van der Waals surface area contributed by atoms with E-state index in [9.17, 15) is 10.2 Å². The lowest BCUT2D eigenvalue weighted by molar-refractivity contribution is 0.139. The number of phenolic OH excluding ortho intramolecular Hbond substituents is 2. The molecule has 2 unspecified atom stereocenters. The fourth-order valence-electron chi connectivity index (χ4n) is 7.22. The number of hydrogen-bond acceptors (Lipinski definition) is 4. The smallest absolute Gasteiger partial charge is 0.128 e. The van der Waals surface area contributed by atoms with E-state index in [2.05, 4.69) is 41.5 Å². The summed E-state index contributed by atoms with van der Waals surface area (Å²) in [5.41, 5.74) is 15.9. The van der Waals surface area contributed by atoms with Crippen molar-refractivity contribution >= 4 is 35.6 Å². The number of rotatable bonds is 4. The maximum absolute atomic E-state index is 11.4. The molecular formula is C32H52Cl2N2O2. The van der Waals surface area contributed by atoms with Gasteiger partial charge in [-0.25, -0.2) is 0 Å². The SMILES string of the molecule is CC(C)(C)C1CCC(C(N)c2ccc3c(C(N)C4CCC(C(C)(C)C)CC4)c(O)ccc3c2O)CC1.Cl.Cl. The Morgan fingerprint density at radius 2 is 1.05 bits per heavy atom. The van der Waals surface area contributed by atoms with Crippen molar-refractivity contribution in [3.8, 4) is 11.5 Å². The summed E-state index contributed by atoms with van der Waals surface area (Å²) in [6, 6.07) is 7.09. The van der Waals surface area contributed by atoms with Crippen LogP contribution < -0.4 is 11.5 Å². The van der Waals surface area contributed by atoms with Gasteiger partial charge in [0.25, 0.3) is 0 Å². The Morgan fingerprint density at radius 3 is 1.50 bits per heavy atom. The standard InChI is InChI=1S/C32H50N2O2.2ClH/c1-31(2,3)21-11-7-19(8-12-21)28(33)25-16-15-23-24(30(25)36)17-18-26(35)27(23)29(34)20-9-13-22(14-10-20)32(4,5)6;;/h15-22,28-29,35-36H,7-14,33-34H2,1-6H3;2*1H. The quantitative estimate of drug-likeness (QED) is 0.297. The summed E-state index contributed by atoms with van der Waals surface area (Å²) in [5.74, 6) is 2.64. The van der Waals surface area contributed by atoms with Crippen molar-refractivity contribution in [2.75, 3.05) is 0 Å². The van der Waals surface area contributed by atoms with Crippen LogP contribution in [0.25, 0.3) is 10.8 Å². The highest BCUT2D eigenvalue weighted by Crippen LogP contribution is 2.48. The summed E-state index contributed by atoms with van der Waals surface area (Å²) in [5, 5.41) is 23.8. The van der Waals surface area contributed by atoms with Crippen LogP contribution in [0.5, 0.6) is 11.5 Å². The van der Waals surface area contributed by atoms with Crippen molar-refractivity contribution in [2.24, 2.45) is 46.0 Å². The van der Waals surface area contributed by atoms with E-state index in [1.54, 1.807) is 6.07 Å². The van der Waals surface area contributed by atoms with Crippen LogP contribution in [0, 0.1) is 34.5 Å². The normalized spacial score (nSPS) is 26.2. The van der Waals surface area contributed by atoms with Gasteiger partial charge in [0.1, 0.15) is 11.5 Å². The highest BCUT2D eigenvalue weighted by molar-refractivity contribution is 5.94. The van der Waals surface area contributed by atoms with Gasteiger partial charge in [-0.05, 0) is 103 Å². The Morgan fingerprint density at radius 1 is 0.632 bits per heavy atom. The van der Waals surface area contributed by atoms with Crippen molar-refractivity contribution in [1.29, 1.82) is 0 Å². The molecule has 6 N–H and O–H groups in total. The van der Waals surface area contributed by atoms with E-state index in [-0.39, 0.29) is 48.4 Å². The zero-order valence-electron chi connectivity index (χ0n) is 24.3. The van der Waals surface area contributed by atoms with Gasteiger partial charge in [0.15, 0.2) is 0 Å². The largest absolute Gasteiger partial charge is 0.508 e. The summed E-state index contributed by atoms with van der Waals surface area (Å²) < 4.78 is 0. The van der Waals surface area contributed by atoms with E-state index >= 15 is 0 Å². The summed E-state index contributed by atoms with van der Waals surface area (Å²) in [4.78, 5) is 0. The first-order valence-corrected chi connectivity index (χ1v) is 14.3. The van der Waals surface area contributed by atoms with Gasteiger partial charge >= 0.3 is 0 Å². The average Bonchev–Trinajstić information content (AvgIpc) is 2.82. The molecule has 2 atom stereocenters. The van der Waals surface area contributed by atoms with Crippen LogP contribution in [0.4, 0.5) is 0 Å². The van der Waals surface area contributed by atoms with Gasteiger partial charge in [-0.1, -0.05) is 53.7 Å². The minimum Gasteiger partial charge on any atom is -0.508 e. The molecule has 0 aliphatic heterocycles. The van der Waals surface area contributed by atoms with Crippen LogP contribution in [-0.4, -0.2) is 10.2 Å². The minimum absolute atomic E-state index is 0. The Bertz CT molecular complexity index is 1060. The predicted octanol–water partition coefficient (Wildman–Crippen LogP) is 8.80. The van der Waals surface area contributed by atoms with E-state index in [4.69, 9.17) is 11.5 Å². The Kier molecular flexibility index (Phi) is 10.9. The van der Waals surface area contributed by atoms with Crippen LogP contribution in [0.3, 0.4) is 0 Å². The molecule has 0 aromatic heterocycles. The molecule has 4 nitrogen and oxygen atoms in total. The molecule has 6 heteroatoms. The van der Waals surface area contributed by atoms with Gasteiger partial charge < -0.3 is 21.7 Å². The third kappa shape index (κ3) is 6.74. The lowest BCUT2D eigenvalue weighted by Crippen LogP contribution is -2.31. The van der Waals surface area contributed by atoms with Crippen molar-refractivity contribution in [1.82, 2.24) is 0 Å². The molecule has 2 aliphatic carbocycles. The van der Waals surface area contributed by atoms with Crippen LogP contribution in [0.1, 0.15) is 116 Å². The van der Waals surface area contributed by atoms with Gasteiger partial charge in [-0.15, -0.1) is 24.8 Å². The van der Waals surface area contributed by atoms with E-state index in [1.807, 2.05) is 18.2 Å². The first-order valence-electron chi connectivity index (χ1n) is 14.3. The average molecular weight is 568 g/mol. The monoisotopic (exact) mass is 566 g/mol. The molecule has 0 spiro atoms. The molecule has 2 fully saturated rings. The van der Waals surface area contributed by atoms with Gasteiger partial charge in [-0.3, -0.25) is 0 Å². The molecular weight excluding hydrogens is 515 g/mol. The van der Waals surface area contributed by atoms with Crippen molar-refractivity contribution in [3.05, 3.63) is 35.4 Å². The highest BCUT2D eigenvalue weighted by atomic mass is 35.5. The first kappa shape index (κ1) is 33.0. The summed E-state index contributed by atoms with van der Waals surface area (Å²) in [7, 11) is 0. The predicted molar refractivity (Wildman–Crippen MR) is 165 cm³/mol. The van der Waals surface area contributed by atoms with E-state index in [0.717, 1.165) is 53.5 Å². The Hall–Kier alpha value is -1.20. The molecule has 2 aromatic carbocycles. The molecule has 0 heterocycles. The van der Waals surface area contributed by atoms with E-state index < -0.39 is 0 Å². The topological polar surface area (TPSA) is 92.5 Å². The number of nitrogens with two attached hydrogens (primary N) is 2. The molecule has 0 saturated heterocycles. The van der Waals surface area contributed by atoms with Crippen molar-refractivity contribution < 1.29 is 10.2 Å². The molecule has 4 rings (SSSR count). The second kappa shape index (κ2) is 12.5. The van der Waals surface area contributed by atoms with E-state index in [0.29, 0.717) is 28.6 Å². The van der Waals surface area contributed by atoms with Crippen molar-refractivity contribution in [2.45, 2.75) is 105 Å². The maximum Gasteiger partial charge on any atom is 0.128 e. The van der Waals surface area contributed by atoms with Gasteiger partial charge in [0.2, 0.25) is 0 Å². The van der Waals surface area contributed by atoms with Crippen LogP contribution >= 0.6 is 24.8 Å². The molecule has 38 heavy (non-hydrogen) atoms. The molecule has 0 bridgehead atoms. The fourth-order valence-corrected chi connectivity index (χ4v) is 7.22. The number of aromatic hydroxyl groups is 2. The maximum atomic E-state index is 11.4. The first-order chi connectivity index (χ1) is 16.8. The molecule has 0 radical (unpaired) electrons. The third-order valence-corrected chi connectivity index (χ3v) is 9.92. The number of halogens is 2. The number of phenols is 2. The second-order valence-electron chi connectivity index (χ2n) is 14.1.